The van der Waals surface area contributed by atoms with Gasteiger partial charge in [0.2, 0.25) is 0 Å². The Labute approximate surface area is 401 Å². The number of carbonyl (C=O) groups excluding carboxylic acids is 2. The number of rotatable bonds is 52. The van der Waals surface area contributed by atoms with Crippen LogP contribution < -0.4 is 5.73 Å². The minimum absolute atomic E-state index is 0.0481. The number of phosphoric ester groups is 1. The van der Waals surface area contributed by atoms with Crippen molar-refractivity contribution in [1.29, 1.82) is 0 Å². The molecule has 0 saturated carbocycles. The molecule has 0 amide bonds. The van der Waals surface area contributed by atoms with Crippen molar-refractivity contribution < 1.29 is 37.6 Å². The van der Waals surface area contributed by atoms with E-state index in [-0.39, 0.29) is 38.6 Å². The highest BCUT2D eigenvalue weighted by Crippen LogP contribution is 2.43. The molecule has 0 aliphatic rings. The Bertz CT molecular complexity index is 1160. The lowest BCUT2D eigenvalue weighted by molar-refractivity contribution is -0.161. The monoisotopic (exact) mass is 938 g/mol. The number of allylic oxidation sites excluding steroid dienone is 6. The highest BCUT2D eigenvalue weighted by Gasteiger charge is 2.26. The van der Waals surface area contributed by atoms with Gasteiger partial charge in [-0.3, -0.25) is 18.6 Å². The average Bonchev–Trinajstić information content (AvgIpc) is 3.30. The number of phosphoric acid groups is 1. The van der Waals surface area contributed by atoms with E-state index in [4.69, 9.17) is 24.3 Å². The van der Waals surface area contributed by atoms with Crippen LogP contribution in [-0.2, 0) is 32.7 Å². The molecule has 382 valence electrons. The van der Waals surface area contributed by atoms with E-state index in [2.05, 4.69) is 50.3 Å². The van der Waals surface area contributed by atoms with Crippen molar-refractivity contribution in [3.05, 3.63) is 36.5 Å². The van der Waals surface area contributed by atoms with Crippen LogP contribution in [0.1, 0.15) is 271 Å². The maximum absolute atomic E-state index is 12.7. The normalized spacial score (nSPS) is 13.4. The molecule has 1 unspecified atom stereocenters. The molecular weight excluding hydrogens is 834 g/mol. The molecule has 9 nitrogen and oxygen atoms in total. The topological polar surface area (TPSA) is 134 Å². The number of nitrogens with two attached hydrogens (primary N) is 1. The van der Waals surface area contributed by atoms with Crippen LogP contribution in [0.2, 0.25) is 0 Å². The van der Waals surface area contributed by atoms with Gasteiger partial charge in [0, 0.05) is 19.4 Å². The summed E-state index contributed by atoms with van der Waals surface area (Å²) in [4.78, 5) is 35.1. The van der Waals surface area contributed by atoms with Gasteiger partial charge in [0.25, 0.3) is 0 Å². The molecule has 0 rings (SSSR count). The largest absolute Gasteiger partial charge is 0.472 e. The summed E-state index contributed by atoms with van der Waals surface area (Å²) < 4.78 is 32.9. The van der Waals surface area contributed by atoms with Gasteiger partial charge in [0.15, 0.2) is 6.10 Å². The van der Waals surface area contributed by atoms with Crippen molar-refractivity contribution in [2.45, 2.75) is 277 Å². The van der Waals surface area contributed by atoms with Gasteiger partial charge in [-0.1, -0.05) is 224 Å². The lowest BCUT2D eigenvalue weighted by Crippen LogP contribution is -2.29. The fourth-order valence-corrected chi connectivity index (χ4v) is 8.65. The lowest BCUT2D eigenvalue weighted by atomic mass is 10.0. The minimum atomic E-state index is -4.39. The maximum atomic E-state index is 12.7. The second-order valence-corrected chi connectivity index (χ2v) is 19.9. The molecule has 0 spiro atoms. The zero-order valence-corrected chi connectivity index (χ0v) is 43.4. The first-order valence-corrected chi connectivity index (χ1v) is 29.0. The molecule has 0 aromatic carbocycles. The first-order chi connectivity index (χ1) is 31.8. The Hall–Kier alpha value is -1.77. The number of hydrogen-bond donors (Lipinski definition) is 2. The Kier molecular flexibility index (Phi) is 50.2. The number of hydrogen-bond acceptors (Lipinski definition) is 8. The summed E-state index contributed by atoms with van der Waals surface area (Å²) in [6.45, 7) is 3.74. The molecule has 2 atom stereocenters. The zero-order chi connectivity index (χ0) is 47.4. The Morgan fingerprint density at radius 2 is 0.785 bits per heavy atom. The van der Waals surface area contributed by atoms with Crippen LogP contribution >= 0.6 is 7.82 Å². The van der Waals surface area contributed by atoms with Gasteiger partial charge in [0.1, 0.15) is 6.61 Å². The molecule has 0 aromatic heterocycles. The number of esters is 2. The first-order valence-electron chi connectivity index (χ1n) is 27.5. The summed E-state index contributed by atoms with van der Waals surface area (Å²) in [6, 6.07) is 0. The van der Waals surface area contributed by atoms with E-state index in [1.807, 2.05) is 0 Å². The fourth-order valence-electron chi connectivity index (χ4n) is 7.89. The maximum Gasteiger partial charge on any atom is 0.472 e. The van der Waals surface area contributed by atoms with Crippen LogP contribution in [0.15, 0.2) is 36.5 Å². The molecule has 0 heterocycles. The third-order valence-electron chi connectivity index (χ3n) is 12.0. The number of unbranched alkanes of at least 4 members (excludes halogenated alkanes) is 33. The van der Waals surface area contributed by atoms with Crippen molar-refractivity contribution in [1.82, 2.24) is 0 Å². The summed E-state index contributed by atoms with van der Waals surface area (Å²) >= 11 is 0. The standard InChI is InChI=1S/C55H104NO8P/c1-3-5-7-9-11-13-15-17-19-21-23-25-26-28-30-32-34-36-38-40-42-44-46-48-55(58)64-53(52-63-65(59,60)62-50-49-56)51-61-54(57)47-45-43-41-39-37-35-33-31-29-27-24-22-20-18-16-14-12-10-8-6-4-2/h18,20,32,34,40,42,53H,3-17,19,21-31,33,35-39,41,43-52,56H2,1-2H3,(H,59,60)/b20-18+,34-32+,42-40+/t53-/m1/s1. The molecule has 0 aliphatic heterocycles. The van der Waals surface area contributed by atoms with Gasteiger partial charge >= 0.3 is 19.8 Å². The molecule has 0 saturated heterocycles. The van der Waals surface area contributed by atoms with Crippen molar-refractivity contribution >= 4 is 19.8 Å². The summed E-state index contributed by atoms with van der Waals surface area (Å²) in [6.07, 6.45) is 60.6. The van der Waals surface area contributed by atoms with E-state index < -0.39 is 26.5 Å². The summed E-state index contributed by atoms with van der Waals surface area (Å²) in [5.74, 6) is -0.868. The van der Waals surface area contributed by atoms with Crippen molar-refractivity contribution in [3.63, 3.8) is 0 Å². The fraction of sp³-hybridized carbons (Fsp3) is 0.855. The summed E-state index contributed by atoms with van der Waals surface area (Å²) in [5, 5.41) is 0. The summed E-state index contributed by atoms with van der Waals surface area (Å²) in [7, 11) is -4.39. The van der Waals surface area contributed by atoms with Crippen LogP contribution in [0.4, 0.5) is 0 Å². The highest BCUT2D eigenvalue weighted by molar-refractivity contribution is 7.47. The predicted octanol–water partition coefficient (Wildman–Crippen LogP) is 16.8. The van der Waals surface area contributed by atoms with E-state index in [0.29, 0.717) is 6.42 Å². The second-order valence-electron chi connectivity index (χ2n) is 18.4. The van der Waals surface area contributed by atoms with Crippen LogP contribution in [-0.4, -0.2) is 49.3 Å². The zero-order valence-electron chi connectivity index (χ0n) is 42.5. The lowest BCUT2D eigenvalue weighted by Gasteiger charge is -2.19. The van der Waals surface area contributed by atoms with E-state index >= 15 is 0 Å². The quantitative estimate of drug-likeness (QED) is 0.0264. The Morgan fingerprint density at radius 3 is 1.18 bits per heavy atom. The average molecular weight is 938 g/mol. The Morgan fingerprint density at radius 1 is 0.446 bits per heavy atom. The number of carbonyl (C=O) groups is 2. The van der Waals surface area contributed by atoms with Gasteiger partial charge in [-0.15, -0.1) is 0 Å². The van der Waals surface area contributed by atoms with Crippen molar-refractivity contribution in [2.24, 2.45) is 5.73 Å². The van der Waals surface area contributed by atoms with Gasteiger partial charge in [-0.2, -0.15) is 0 Å². The number of ether oxygens (including phenoxy) is 2. The molecule has 0 aliphatic carbocycles. The molecule has 0 bridgehead atoms. The molecule has 0 fully saturated rings. The van der Waals surface area contributed by atoms with E-state index in [0.717, 1.165) is 44.9 Å². The minimum Gasteiger partial charge on any atom is -0.462 e. The molecule has 65 heavy (non-hydrogen) atoms. The third kappa shape index (κ3) is 51.5. The van der Waals surface area contributed by atoms with Crippen molar-refractivity contribution in [3.8, 4) is 0 Å². The van der Waals surface area contributed by atoms with Crippen LogP contribution in [0, 0.1) is 0 Å². The van der Waals surface area contributed by atoms with Gasteiger partial charge in [-0.05, 0) is 70.6 Å². The van der Waals surface area contributed by atoms with Gasteiger partial charge < -0.3 is 20.1 Å². The van der Waals surface area contributed by atoms with Crippen LogP contribution in [0.25, 0.3) is 0 Å². The van der Waals surface area contributed by atoms with E-state index in [1.54, 1.807) is 0 Å². The third-order valence-corrected chi connectivity index (χ3v) is 13.0. The molecule has 0 radical (unpaired) electrons. The van der Waals surface area contributed by atoms with Crippen LogP contribution in [0.5, 0.6) is 0 Å². The SMILES string of the molecule is CCCCCCCC/C=C/CCCCCCCCCCCCCC(=O)OC[C@H](COP(=O)(O)OCCN)OC(=O)CCC/C=C/CC/C=C/CCCCCCCCCCCCCCCC. The van der Waals surface area contributed by atoms with E-state index in [1.165, 1.54) is 193 Å². The van der Waals surface area contributed by atoms with Crippen molar-refractivity contribution in [2.75, 3.05) is 26.4 Å². The molecule has 0 aromatic rings. The molecule has 10 heteroatoms. The van der Waals surface area contributed by atoms with Gasteiger partial charge in [0.05, 0.1) is 13.2 Å². The first kappa shape index (κ1) is 63.2. The van der Waals surface area contributed by atoms with E-state index in [9.17, 15) is 19.0 Å². The predicted molar refractivity (Wildman–Crippen MR) is 275 cm³/mol. The molecule has 3 N–H and O–H groups in total. The smallest absolute Gasteiger partial charge is 0.462 e. The second kappa shape index (κ2) is 51.6. The highest BCUT2D eigenvalue weighted by atomic mass is 31.2. The van der Waals surface area contributed by atoms with Gasteiger partial charge in [-0.25, -0.2) is 4.57 Å². The molecular formula is C55H104NO8P. The Balaban J connectivity index is 4.04. The van der Waals surface area contributed by atoms with Crippen LogP contribution in [0.3, 0.4) is 0 Å². The summed E-state index contributed by atoms with van der Waals surface area (Å²) in [5.41, 5.74) is 5.37.